The van der Waals surface area contributed by atoms with Crippen LogP contribution in [0.1, 0.15) is 23.2 Å². The van der Waals surface area contributed by atoms with E-state index in [0.717, 1.165) is 0 Å². The summed E-state index contributed by atoms with van der Waals surface area (Å²) in [7, 11) is 1.47. The molecule has 0 radical (unpaired) electrons. The number of ether oxygens (including phenoxy) is 2. The molecule has 0 aromatic heterocycles. The van der Waals surface area contributed by atoms with Gasteiger partial charge in [0.1, 0.15) is 17.1 Å². The average molecular weight is 329 g/mol. The van der Waals surface area contributed by atoms with E-state index in [4.69, 9.17) is 9.47 Å². The maximum Gasteiger partial charge on any atom is 0.471 e. The van der Waals surface area contributed by atoms with Crippen molar-refractivity contribution in [2.75, 3.05) is 20.2 Å². The van der Waals surface area contributed by atoms with Crippen LogP contribution in [0.2, 0.25) is 0 Å². The molecule has 124 valence electrons. The van der Waals surface area contributed by atoms with E-state index in [2.05, 4.69) is 0 Å². The van der Waals surface area contributed by atoms with Gasteiger partial charge in [-0.2, -0.15) is 13.2 Å². The molecule has 1 atom stereocenters. The third kappa shape index (κ3) is 2.73. The van der Waals surface area contributed by atoms with Crippen LogP contribution < -0.4 is 9.47 Å². The minimum atomic E-state index is -4.92. The van der Waals surface area contributed by atoms with Crippen LogP contribution in [-0.2, 0) is 4.79 Å². The van der Waals surface area contributed by atoms with E-state index in [9.17, 15) is 22.8 Å². The number of carbonyl (C=O) groups is 2. The molecule has 1 amide bonds. The van der Waals surface area contributed by atoms with Crippen molar-refractivity contribution in [1.29, 1.82) is 0 Å². The van der Waals surface area contributed by atoms with Crippen LogP contribution in [0, 0.1) is 0 Å². The minimum Gasteiger partial charge on any atom is -0.497 e. The van der Waals surface area contributed by atoms with E-state index >= 15 is 0 Å². The molecule has 0 saturated carbocycles. The Hall–Kier alpha value is -2.25. The number of alkyl halides is 3. The van der Waals surface area contributed by atoms with Gasteiger partial charge < -0.3 is 14.4 Å². The van der Waals surface area contributed by atoms with Crippen molar-refractivity contribution >= 4 is 11.7 Å². The number of amides is 1. The van der Waals surface area contributed by atoms with Gasteiger partial charge in [-0.1, -0.05) is 0 Å². The fourth-order valence-electron chi connectivity index (χ4n) is 3.03. The molecule has 1 spiro atoms. The number of fused-ring (bicyclic) bond motifs is 1. The molecule has 0 aliphatic carbocycles. The van der Waals surface area contributed by atoms with Crippen molar-refractivity contribution in [3.8, 4) is 11.5 Å². The van der Waals surface area contributed by atoms with Gasteiger partial charge in [-0.3, -0.25) is 9.59 Å². The lowest BCUT2D eigenvalue weighted by Crippen LogP contribution is -2.47. The first-order valence-electron chi connectivity index (χ1n) is 7.00. The van der Waals surface area contributed by atoms with Crippen LogP contribution in [-0.4, -0.2) is 48.6 Å². The van der Waals surface area contributed by atoms with Gasteiger partial charge in [0.25, 0.3) is 0 Å². The molecule has 3 rings (SSSR count). The van der Waals surface area contributed by atoms with Crippen molar-refractivity contribution in [2.24, 2.45) is 0 Å². The number of methoxy groups -OCH3 is 1. The molecule has 2 aliphatic rings. The number of hydrogen-bond acceptors (Lipinski definition) is 4. The van der Waals surface area contributed by atoms with Crippen LogP contribution in [0.15, 0.2) is 18.2 Å². The van der Waals surface area contributed by atoms with Gasteiger partial charge in [-0.15, -0.1) is 0 Å². The zero-order valence-electron chi connectivity index (χ0n) is 12.3. The summed E-state index contributed by atoms with van der Waals surface area (Å²) < 4.78 is 48.5. The SMILES string of the molecule is COc1ccc2c(c1)C(=O)CC1(CCN(C(=O)C(F)(F)F)C1)O2. The standard InChI is InChI=1S/C15H14F3NO4/c1-22-9-2-3-12-10(6-9)11(20)7-14(23-12)4-5-19(8-14)13(21)15(16,17)18/h2-3,6H,4-5,7-8H2,1H3. The molecule has 2 aliphatic heterocycles. The van der Waals surface area contributed by atoms with E-state index in [1.807, 2.05) is 0 Å². The van der Waals surface area contributed by atoms with Gasteiger partial charge in [0.2, 0.25) is 0 Å². The van der Waals surface area contributed by atoms with Crippen LogP contribution >= 0.6 is 0 Å². The predicted octanol–water partition coefficient (Wildman–Crippen LogP) is 2.19. The zero-order valence-corrected chi connectivity index (χ0v) is 12.3. The van der Waals surface area contributed by atoms with Gasteiger partial charge >= 0.3 is 12.1 Å². The summed E-state index contributed by atoms with van der Waals surface area (Å²) >= 11 is 0. The number of benzene rings is 1. The molecule has 5 nitrogen and oxygen atoms in total. The fraction of sp³-hybridized carbons (Fsp3) is 0.467. The molecule has 1 unspecified atom stereocenters. The lowest BCUT2D eigenvalue weighted by molar-refractivity contribution is -0.185. The molecule has 2 heterocycles. The van der Waals surface area contributed by atoms with E-state index < -0.39 is 17.7 Å². The first-order valence-corrected chi connectivity index (χ1v) is 7.00. The molecule has 8 heteroatoms. The molecule has 23 heavy (non-hydrogen) atoms. The van der Waals surface area contributed by atoms with Gasteiger partial charge in [0, 0.05) is 13.0 Å². The number of Topliss-reactive ketones (excluding diaryl/α,β-unsaturated/α-hetero) is 1. The average Bonchev–Trinajstić information content (AvgIpc) is 2.88. The van der Waals surface area contributed by atoms with Crippen LogP contribution in [0.25, 0.3) is 0 Å². The van der Waals surface area contributed by atoms with Crippen molar-refractivity contribution in [3.05, 3.63) is 23.8 Å². The number of rotatable bonds is 1. The van der Waals surface area contributed by atoms with E-state index in [-0.39, 0.29) is 31.7 Å². The normalized spacial score (nSPS) is 23.7. The molecule has 1 aromatic carbocycles. The Kier molecular flexibility index (Phi) is 3.50. The van der Waals surface area contributed by atoms with Crippen molar-refractivity contribution in [1.82, 2.24) is 4.90 Å². The van der Waals surface area contributed by atoms with Crippen molar-refractivity contribution in [2.45, 2.75) is 24.6 Å². The Morgan fingerprint density at radius 3 is 2.78 bits per heavy atom. The summed E-state index contributed by atoms with van der Waals surface area (Å²) in [5.74, 6) is -1.32. The summed E-state index contributed by atoms with van der Waals surface area (Å²) in [4.78, 5) is 24.4. The summed E-state index contributed by atoms with van der Waals surface area (Å²) in [5, 5.41) is 0. The van der Waals surface area contributed by atoms with Crippen LogP contribution in [0.4, 0.5) is 13.2 Å². The maximum atomic E-state index is 12.5. The van der Waals surface area contributed by atoms with Gasteiger partial charge in [-0.05, 0) is 18.2 Å². The highest BCUT2D eigenvalue weighted by Gasteiger charge is 2.52. The zero-order chi connectivity index (χ0) is 16.8. The highest BCUT2D eigenvalue weighted by molar-refractivity contribution is 6.01. The second-order valence-electron chi connectivity index (χ2n) is 5.72. The predicted molar refractivity (Wildman–Crippen MR) is 72.6 cm³/mol. The number of likely N-dealkylation sites (tertiary alicyclic amines) is 1. The first-order chi connectivity index (χ1) is 10.7. The number of hydrogen-bond donors (Lipinski definition) is 0. The number of carbonyl (C=O) groups excluding carboxylic acids is 2. The Balaban J connectivity index is 1.83. The van der Waals surface area contributed by atoms with Crippen LogP contribution in [0.5, 0.6) is 11.5 Å². The molecular weight excluding hydrogens is 315 g/mol. The third-order valence-corrected chi connectivity index (χ3v) is 4.14. The second-order valence-corrected chi connectivity index (χ2v) is 5.72. The summed E-state index contributed by atoms with van der Waals surface area (Å²) in [5.41, 5.74) is -0.741. The Labute approximate surface area is 130 Å². The Morgan fingerprint density at radius 1 is 1.39 bits per heavy atom. The first kappa shape index (κ1) is 15.6. The molecule has 1 fully saturated rings. The minimum absolute atomic E-state index is 0.0607. The number of nitrogens with zero attached hydrogens (tertiary/aromatic N) is 1. The molecule has 1 aromatic rings. The fourth-order valence-corrected chi connectivity index (χ4v) is 3.03. The Bertz CT molecular complexity index is 673. The van der Waals surface area contributed by atoms with Crippen molar-refractivity contribution < 1.29 is 32.2 Å². The number of ketones is 1. The summed E-state index contributed by atoms with van der Waals surface area (Å²) in [6, 6.07) is 4.71. The summed E-state index contributed by atoms with van der Waals surface area (Å²) in [6.45, 7) is -0.334. The monoisotopic (exact) mass is 329 g/mol. The lowest BCUT2D eigenvalue weighted by atomic mass is 9.89. The highest BCUT2D eigenvalue weighted by Crippen LogP contribution is 2.40. The topological polar surface area (TPSA) is 55.8 Å². The smallest absolute Gasteiger partial charge is 0.471 e. The summed E-state index contributed by atoms with van der Waals surface area (Å²) in [6.07, 6.45) is -4.80. The van der Waals surface area contributed by atoms with Gasteiger partial charge in [-0.25, -0.2) is 0 Å². The lowest BCUT2D eigenvalue weighted by Gasteiger charge is -2.34. The Morgan fingerprint density at radius 2 is 2.13 bits per heavy atom. The second kappa shape index (κ2) is 5.14. The van der Waals surface area contributed by atoms with Gasteiger partial charge in [0.05, 0.1) is 25.6 Å². The van der Waals surface area contributed by atoms with Crippen LogP contribution in [0.3, 0.4) is 0 Å². The highest BCUT2D eigenvalue weighted by atomic mass is 19.4. The number of halogens is 3. The quantitative estimate of drug-likeness (QED) is 0.793. The van der Waals surface area contributed by atoms with E-state index in [1.165, 1.54) is 13.2 Å². The van der Waals surface area contributed by atoms with E-state index in [1.54, 1.807) is 12.1 Å². The molecule has 0 N–H and O–H groups in total. The molecule has 0 bridgehead atoms. The van der Waals surface area contributed by atoms with E-state index in [0.29, 0.717) is 22.0 Å². The van der Waals surface area contributed by atoms with Gasteiger partial charge in [0.15, 0.2) is 5.78 Å². The third-order valence-electron chi connectivity index (χ3n) is 4.14. The molecule has 1 saturated heterocycles. The maximum absolute atomic E-state index is 12.5. The molecular formula is C15H14F3NO4. The largest absolute Gasteiger partial charge is 0.497 e. The van der Waals surface area contributed by atoms with Crippen molar-refractivity contribution in [3.63, 3.8) is 0 Å².